The van der Waals surface area contributed by atoms with E-state index in [0.717, 1.165) is 36.3 Å². The summed E-state index contributed by atoms with van der Waals surface area (Å²) in [6, 6.07) is 11.9. The molecule has 0 amide bonds. The van der Waals surface area contributed by atoms with E-state index in [1.807, 2.05) is 67.2 Å². The number of rotatable bonds is 7. The SMILES string of the molecule is CC.CCN(CC)c1ccc2cc(/C=C/c3cc[n+](CCN)cc3)c(=O)oc2c1. The fourth-order valence-corrected chi connectivity index (χ4v) is 3.08. The second kappa shape index (κ2) is 11.2. The third-order valence-corrected chi connectivity index (χ3v) is 4.63. The molecule has 1 aromatic carbocycles. The average Bonchev–Trinajstić information content (AvgIpc) is 2.76. The lowest BCUT2D eigenvalue weighted by Crippen LogP contribution is -2.36. The van der Waals surface area contributed by atoms with Gasteiger partial charge in [0.2, 0.25) is 0 Å². The monoisotopic (exact) mass is 394 g/mol. The molecule has 0 fully saturated rings. The van der Waals surface area contributed by atoms with Gasteiger partial charge in [0.05, 0.1) is 12.1 Å². The van der Waals surface area contributed by atoms with E-state index in [4.69, 9.17) is 10.2 Å². The summed E-state index contributed by atoms with van der Waals surface area (Å²) in [7, 11) is 0. The highest BCUT2D eigenvalue weighted by molar-refractivity contribution is 5.83. The molecule has 0 spiro atoms. The van der Waals surface area contributed by atoms with Gasteiger partial charge in [0.15, 0.2) is 18.9 Å². The van der Waals surface area contributed by atoms with Gasteiger partial charge in [0.25, 0.3) is 0 Å². The van der Waals surface area contributed by atoms with Crippen molar-refractivity contribution in [2.75, 3.05) is 24.5 Å². The highest BCUT2D eigenvalue weighted by Crippen LogP contribution is 2.22. The molecule has 3 rings (SSSR count). The number of anilines is 1. The van der Waals surface area contributed by atoms with Crippen LogP contribution in [-0.4, -0.2) is 19.6 Å². The summed E-state index contributed by atoms with van der Waals surface area (Å²) < 4.78 is 7.58. The molecular formula is C24H32N3O2+. The van der Waals surface area contributed by atoms with Crippen LogP contribution in [0.5, 0.6) is 0 Å². The Kier molecular flexibility index (Phi) is 8.62. The summed E-state index contributed by atoms with van der Waals surface area (Å²) in [5, 5.41) is 0.916. The minimum Gasteiger partial charge on any atom is -0.422 e. The fourth-order valence-electron chi connectivity index (χ4n) is 3.08. The van der Waals surface area contributed by atoms with E-state index < -0.39 is 0 Å². The molecule has 3 aromatic rings. The van der Waals surface area contributed by atoms with E-state index in [-0.39, 0.29) is 5.63 Å². The topological polar surface area (TPSA) is 63.4 Å². The molecule has 0 aliphatic heterocycles. The quantitative estimate of drug-likeness (QED) is 0.484. The summed E-state index contributed by atoms with van der Waals surface area (Å²) in [6.45, 7) is 11.4. The van der Waals surface area contributed by atoms with Crippen LogP contribution in [0.3, 0.4) is 0 Å². The van der Waals surface area contributed by atoms with E-state index in [1.54, 1.807) is 6.08 Å². The maximum absolute atomic E-state index is 12.4. The number of hydrogen-bond donors (Lipinski definition) is 1. The van der Waals surface area contributed by atoms with Gasteiger partial charge in [-0.05, 0) is 43.7 Å². The molecule has 2 heterocycles. The van der Waals surface area contributed by atoms with E-state index in [0.29, 0.717) is 17.7 Å². The highest BCUT2D eigenvalue weighted by atomic mass is 16.4. The zero-order chi connectivity index (χ0) is 21.2. The highest BCUT2D eigenvalue weighted by Gasteiger charge is 2.07. The Morgan fingerprint density at radius 3 is 2.34 bits per heavy atom. The Balaban J connectivity index is 0.00000145. The Hall–Kier alpha value is -2.92. The van der Waals surface area contributed by atoms with Crippen molar-refractivity contribution in [3.8, 4) is 0 Å². The van der Waals surface area contributed by atoms with Crippen LogP contribution in [0.15, 0.2) is 58.0 Å². The lowest BCUT2D eigenvalue weighted by Gasteiger charge is -2.20. The first-order valence-corrected chi connectivity index (χ1v) is 10.3. The lowest BCUT2D eigenvalue weighted by atomic mass is 10.1. The molecule has 0 aliphatic carbocycles. The second-order valence-electron chi connectivity index (χ2n) is 6.37. The van der Waals surface area contributed by atoms with Crippen molar-refractivity contribution in [2.45, 2.75) is 34.2 Å². The van der Waals surface area contributed by atoms with Crippen molar-refractivity contribution in [1.82, 2.24) is 0 Å². The van der Waals surface area contributed by atoms with Gasteiger partial charge < -0.3 is 15.1 Å². The second-order valence-corrected chi connectivity index (χ2v) is 6.37. The maximum Gasteiger partial charge on any atom is 0.343 e. The van der Waals surface area contributed by atoms with Crippen LogP contribution in [0.4, 0.5) is 5.69 Å². The van der Waals surface area contributed by atoms with Gasteiger partial charge in [0, 0.05) is 42.4 Å². The summed E-state index contributed by atoms with van der Waals surface area (Å²) in [6.07, 6.45) is 7.66. The first-order valence-electron chi connectivity index (χ1n) is 10.3. The van der Waals surface area contributed by atoms with Crippen molar-refractivity contribution in [1.29, 1.82) is 0 Å². The molecule has 0 atom stereocenters. The number of aromatic nitrogens is 1. The summed E-state index contributed by atoms with van der Waals surface area (Å²) in [4.78, 5) is 14.6. The molecule has 0 unspecified atom stereocenters. The molecule has 2 N–H and O–H groups in total. The third kappa shape index (κ3) is 5.78. The van der Waals surface area contributed by atoms with E-state index in [2.05, 4.69) is 24.8 Å². The number of nitrogens with two attached hydrogens (primary N) is 1. The Morgan fingerprint density at radius 1 is 1.03 bits per heavy atom. The maximum atomic E-state index is 12.4. The van der Waals surface area contributed by atoms with Gasteiger partial charge in [-0.15, -0.1) is 0 Å². The number of nitrogens with zero attached hydrogens (tertiary/aromatic N) is 2. The van der Waals surface area contributed by atoms with Gasteiger partial charge >= 0.3 is 5.63 Å². The smallest absolute Gasteiger partial charge is 0.343 e. The van der Waals surface area contributed by atoms with Crippen LogP contribution < -0.4 is 20.8 Å². The first kappa shape index (κ1) is 22.4. The molecule has 2 aromatic heterocycles. The van der Waals surface area contributed by atoms with Crippen LogP contribution in [0, 0.1) is 0 Å². The van der Waals surface area contributed by atoms with Crippen molar-refractivity contribution >= 4 is 28.8 Å². The van der Waals surface area contributed by atoms with Crippen molar-refractivity contribution in [3.05, 3.63) is 70.3 Å². The molecule has 0 saturated carbocycles. The molecule has 5 heteroatoms. The van der Waals surface area contributed by atoms with Crippen molar-refractivity contribution in [2.24, 2.45) is 5.73 Å². The molecule has 154 valence electrons. The third-order valence-electron chi connectivity index (χ3n) is 4.63. The van der Waals surface area contributed by atoms with E-state index in [9.17, 15) is 4.79 Å². The number of hydrogen-bond acceptors (Lipinski definition) is 4. The number of fused-ring (bicyclic) bond motifs is 1. The minimum atomic E-state index is -0.329. The standard InChI is InChI=1S/C22H26N3O2.C2H6/c1-3-25(4-2)20-8-7-18-15-19(22(26)27-21(18)16-20)6-5-17-9-12-24(13-10-17)14-11-23;1-2/h5-10,12-13,15-16H,3-4,11,14,23H2,1-2H3;1-2H3/q+1;. The molecule has 5 nitrogen and oxygen atoms in total. The molecule has 0 saturated heterocycles. The van der Waals surface area contributed by atoms with E-state index in [1.165, 1.54) is 0 Å². The Morgan fingerprint density at radius 2 is 1.72 bits per heavy atom. The van der Waals surface area contributed by atoms with Crippen LogP contribution in [0.1, 0.15) is 38.8 Å². The van der Waals surface area contributed by atoms with Crippen LogP contribution >= 0.6 is 0 Å². The summed E-state index contributed by atoms with van der Waals surface area (Å²) in [5.74, 6) is 0. The summed E-state index contributed by atoms with van der Waals surface area (Å²) in [5.41, 5.74) is 8.46. The first-order chi connectivity index (χ1) is 14.1. The predicted molar refractivity (Wildman–Crippen MR) is 122 cm³/mol. The molecule has 29 heavy (non-hydrogen) atoms. The lowest BCUT2D eigenvalue weighted by molar-refractivity contribution is -0.694. The van der Waals surface area contributed by atoms with Gasteiger partial charge in [-0.3, -0.25) is 0 Å². The predicted octanol–water partition coefficient (Wildman–Crippen LogP) is 4.08. The van der Waals surface area contributed by atoms with E-state index >= 15 is 0 Å². The zero-order valence-corrected chi connectivity index (χ0v) is 17.9. The normalized spacial score (nSPS) is 10.8. The van der Waals surface area contributed by atoms with Crippen LogP contribution in [0.2, 0.25) is 0 Å². The fraction of sp³-hybridized carbons (Fsp3) is 0.333. The summed E-state index contributed by atoms with van der Waals surface area (Å²) >= 11 is 0. The molecular weight excluding hydrogens is 362 g/mol. The molecule has 0 bridgehead atoms. The van der Waals surface area contributed by atoms with Gasteiger partial charge in [-0.1, -0.05) is 19.9 Å². The van der Waals surface area contributed by atoms with Gasteiger partial charge in [-0.25, -0.2) is 9.36 Å². The largest absolute Gasteiger partial charge is 0.422 e. The minimum absolute atomic E-state index is 0.329. The zero-order valence-electron chi connectivity index (χ0n) is 17.9. The average molecular weight is 395 g/mol. The molecule has 0 aliphatic rings. The number of benzene rings is 1. The van der Waals surface area contributed by atoms with Gasteiger partial charge in [0.1, 0.15) is 5.58 Å². The van der Waals surface area contributed by atoms with Crippen LogP contribution in [0.25, 0.3) is 23.1 Å². The van der Waals surface area contributed by atoms with Gasteiger partial charge in [-0.2, -0.15) is 0 Å². The Bertz CT molecular complexity index is 987. The van der Waals surface area contributed by atoms with Crippen molar-refractivity contribution < 1.29 is 8.98 Å². The van der Waals surface area contributed by atoms with Crippen molar-refractivity contribution in [3.63, 3.8) is 0 Å². The number of pyridine rings is 1. The molecule has 0 radical (unpaired) electrons. The van der Waals surface area contributed by atoms with Crippen LogP contribution in [-0.2, 0) is 6.54 Å². The Labute approximate surface area is 173 Å².